The third-order valence-corrected chi connectivity index (χ3v) is 3.06. The van der Waals surface area contributed by atoms with Gasteiger partial charge in [-0.05, 0) is 20.0 Å². The predicted octanol–water partition coefficient (Wildman–Crippen LogP) is 0.122. The van der Waals surface area contributed by atoms with E-state index in [-0.39, 0.29) is 11.9 Å². The molecule has 0 fully saturated rings. The second-order valence-corrected chi connectivity index (χ2v) is 5.55. The summed E-state index contributed by atoms with van der Waals surface area (Å²) in [7, 11) is 5.78. The number of amides is 1. The topological polar surface area (TPSA) is 76.2 Å². The van der Waals surface area contributed by atoms with Gasteiger partial charge in [0.25, 0.3) is 0 Å². The molecule has 0 spiro atoms. The highest BCUT2D eigenvalue weighted by molar-refractivity contribution is 5.83. The minimum atomic E-state index is -0.669. The summed E-state index contributed by atoms with van der Waals surface area (Å²) in [5, 5.41) is 7.04. The first kappa shape index (κ1) is 15.7. The van der Waals surface area contributed by atoms with Gasteiger partial charge in [-0.25, -0.2) is 0 Å². The highest BCUT2D eigenvalue weighted by Crippen LogP contribution is 2.10. The molecule has 1 heterocycles. The Morgan fingerprint density at radius 1 is 1.53 bits per heavy atom. The van der Waals surface area contributed by atoms with E-state index in [2.05, 4.69) is 29.2 Å². The lowest BCUT2D eigenvalue weighted by atomic mass is 10.0. The quantitative estimate of drug-likeness (QED) is 0.768. The van der Waals surface area contributed by atoms with Crippen molar-refractivity contribution >= 4 is 5.91 Å². The maximum absolute atomic E-state index is 12.2. The van der Waals surface area contributed by atoms with Crippen LogP contribution in [0.2, 0.25) is 0 Å². The van der Waals surface area contributed by atoms with Crippen molar-refractivity contribution in [3.63, 3.8) is 0 Å². The van der Waals surface area contributed by atoms with Gasteiger partial charge in [-0.1, -0.05) is 13.8 Å². The summed E-state index contributed by atoms with van der Waals surface area (Å²) < 4.78 is 1.64. The summed E-state index contributed by atoms with van der Waals surface area (Å²) in [4.78, 5) is 14.2. The van der Waals surface area contributed by atoms with E-state index in [0.29, 0.717) is 5.92 Å². The normalized spacial score (nSPS) is 14.7. The van der Waals surface area contributed by atoms with Crippen molar-refractivity contribution in [2.45, 2.75) is 25.9 Å². The smallest absolute Gasteiger partial charge is 0.241 e. The Morgan fingerprint density at radius 2 is 2.16 bits per heavy atom. The first-order chi connectivity index (χ1) is 8.81. The number of carbonyl (C=O) groups is 1. The van der Waals surface area contributed by atoms with E-state index in [9.17, 15) is 4.79 Å². The maximum Gasteiger partial charge on any atom is 0.241 e. The number of likely N-dealkylation sites (N-methyl/N-ethyl adjacent to an activating group) is 1. The van der Waals surface area contributed by atoms with Crippen molar-refractivity contribution in [2.24, 2.45) is 18.7 Å². The van der Waals surface area contributed by atoms with E-state index >= 15 is 0 Å². The molecule has 1 rings (SSSR count). The van der Waals surface area contributed by atoms with Crippen LogP contribution in [0.1, 0.15) is 25.5 Å². The van der Waals surface area contributed by atoms with Crippen molar-refractivity contribution in [3.8, 4) is 0 Å². The molecule has 0 aliphatic rings. The molecule has 6 heteroatoms. The van der Waals surface area contributed by atoms with Crippen LogP contribution in [0.4, 0.5) is 0 Å². The number of nitrogens with zero attached hydrogens (tertiary/aromatic N) is 3. The zero-order valence-electron chi connectivity index (χ0n) is 12.4. The average Bonchev–Trinajstić information content (AvgIpc) is 2.73. The van der Waals surface area contributed by atoms with Crippen molar-refractivity contribution < 1.29 is 4.79 Å². The summed E-state index contributed by atoms with van der Waals surface area (Å²) in [5.41, 5.74) is 6.68. The van der Waals surface area contributed by atoms with Crippen molar-refractivity contribution in [2.75, 3.05) is 20.6 Å². The summed E-state index contributed by atoms with van der Waals surface area (Å²) in [5.74, 6) is 0.195. The number of aryl methyl sites for hydroxylation is 1. The van der Waals surface area contributed by atoms with Crippen LogP contribution in [-0.4, -0.2) is 47.3 Å². The molecule has 1 aromatic rings. The first-order valence-electron chi connectivity index (χ1n) is 6.50. The summed E-state index contributed by atoms with van der Waals surface area (Å²) in [6, 6.07) is -0.581. The van der Waals surface area contributed by atoms with E-state index in [0.717, 1.165) is 12.1 Å². The van der Waals surface area contributed by atoms with Crippen molar-refractivity contribution in [1.82, 2.24) is 20.0 Å². The van der Waals surface area contributed by atoms with Gasteiger partial charge in [0.2, 0.25) is 5.91 Å². The van der Waals surface area contributed by atoms with Gasteiger partial charge in [0, 0.05) is 31.4 Å². The molecule has 0 saturated heterocycles. The first-order valence-corrected chi connectivity index (χ1v) is 6.50. The fourth-order valence-corrected chi connectivity index (χ4v) is 1.84. The number of aromatic nitrogens is 2. The largest absolute Gasteiger partial charge is 0.350 e. The summed E-state index contributed by atoms with van der Waals surface area (Å²) in [6.07, 6.45) is 3.39. The molecule has 0 radical (unpaired) electrons. The molecule has 2 atom stereocenters. The van der Waals surface area contributed by atoms with Crippen LogP contribution in [0, 0.1) is 5.92 Å². The predicted molar refractivity (Wildman–Crippen MR) is 75.5 cm³/mol. The van der Waals surface area contributed by atoms with E-state index in [4.69, 9.17) is 5.73 Å². The zero-order chi connectivity index (χ0) is 14.6. The Labute approximate surface area is 114 Å². The molecule has 1 amide bonds. The van der Waals surface area contributed by atoms with Gasteiger partial charge < -0.3 is 16.0 Å². The second-order valence-electron chi connectivity index (χ2n) is 5.55. The molecule has 0 bridgehead atoms. The standard InChI is InChI=1S/C13H25N5O/c1-9(2)11(8-17(3)4)16-13(19)12(14)10-6-15-18(5)7-10/h6-7,9,11-12H,8,14H2,1-5H3,(H,16,19). The van der Waals surface area contributed by atoms with Crippen LogP contribution in [-0.2, 0) is 11.8 Å². The molecule has 1 aromatic heterocycles. The SMILES string of the molecule is CC(C)C(CN(C)C)NC(=O)C(N)c1cnn(C)c1. The molecule has 2 unspecified atom stereocenters. The Morgan fingerprint density at radius 3 is 2.58 bits per heavy atom. The lowest BCUT2D eigenvalue weighted by Crippen LogP contribution is -2.47. The van der Waals surface area contributed by atoms with Gasteiger partial charge in [0.1, 0.15) is 6.04 Å². The monoisotopic (exact) mass is 267 g/mol. The van der Waals surface area contributed by atoms with Crippen LogP contribution in [0.25, 0.3) is 0 Å². The Balaban J connectivity index is 2.66. The lowest BCUT2D eigenvalue weighted by Gasteiger charge is -2.26. The Hall–Kier alpha value is -1.40. The fourth-order valence-electron chi connectivity index (χ4n) is 1.84. The van der Waals surface area contributed by atoms with Crippen LogP contribution in [0.15, 0.2) is 12.4 Å². The number of nitrogens with one attached hydrogen (secondary N) is 1. The number of nitrogens with two attached hydrogens (primary N) is 1. The minimum Gasteiger partial charge on any atom is -0.350 e. The molecule has 0 aromatic carbocycles. The third-order valence-electron chi connectivity index (χ3n) is 3.06. The van der Waals surface area contributed by atoms with Gasteiger partial charge in [-0.3, -0.25) is 9.48 Å². The maximum atomic E-state index is 12.2. The molecule has 6 nitrogen and oxygen atoms in total. The number of carbonyl (C=O) groups excluding carboxylic acids is 1. The van der Waals surface area contributed by atoms with Crippen LogP contribution in [0.3, 0.4) is 0 Å². The summed E-state index contributed by atoms with van der Waals surface area (Å²) in [6.45, 7) is 4.97. The Bertz CT molecular complexity index is 413. The average molecular weight is 267 g/mol. The van der Waals surface area contributed by atoms with E-state index < -0.39 is 6.04 Å². The summed E-state index contributed by atoms with van der Waals surface area (Å²) >= 11 is 0. The van der Waals surface area contributed by atoms with Gasteiger partial charge in [-0.15, -0.1) is 0 Å². The molecular weight excluding hydrogens is 242 g/mol. The lowest BCUT2D eigenvalue weighted by molar-refractivity contribution is -0.123. The van der Waals surface area contributed by atoms with E-state index in [1.807, 2.05) is 14.1 Å². The number of hydrogen-bond donors (Lipinski definition) is 2. The fraction of sp³-hybridized carbons (Fsp3) is 0.692. The van der Waals surface area contributed by atoms with Gasteiger partial charge in [0.15, 0.2) is 0 Å². The van der Waals surface area contributed by atoms with Gasteiger partial charge in [-0.2, -0.15) is 5.10 Å². The second kappa shape index (κ2) is 6.68. The van der Waals surface area contributed by atoms with Crippen LogP contribution >= 0.6 is 0 Å². The molecular formula is C13H25N5O. The highest BCUT2D eigenvalue weighted by Gasteiger charge is 2.22. The molecule has 3 N–H and O–H groups in total. The molecule has 19 heavy (non-hydrogen) atoms. The van der Waals surface area contributed by atoms with E-state index in [1.165, 1.54) is 0 Å². The van der Waals surface area contributed by atoms with Gasteiger partial charge in [0.05, 0.1) is 6.20 Å². The molecule has 0 aliphatic heterocycles. The minimum absolute atomic E-state index is 0.0882. The highest BCUT2D eigenvalue weighted by atomic mass is 16.2. The van der Waals surface area contributed by atoms with Crippen molar-refractivity contribution in [1.29, 1.82) is 0 Å². The number of rotatable bonds is 6. The Kier molecular flexibility index (Phi) is 5.50. The van der Waals surface area contributed by atoms with Crippen molar-refractivity contribution in [3.05, 3.63) is 18.0 Å². The van der Waals surface area contributed by atoms with Crippen LogP contribution in [0.5, 0.6) is 0 Å². The third kappa shape index (κ3) is 4.65. The molecule has 0 aliphatic carbocycles. The van der Waals surface area contributed by atoms with Crippen LogP contribution < -0.4 is 11.1 Å². The van der Waals surface area contributed by atoms with E-state index in [1.54, 1.807) is 24.1 Å². The molecule has 108 valence electrons. The number of hydrogen-bond acceptors (Lipinski definition) is 4. The zero-order valence-corrected chi connectivity index (χ0v) is 12.4. The van der Waals surface area contributed by atoms with Gasteiger partial charge >= 0.3 is 0 Å². The molecule has 0 saturated carbocycles.